The predicted octanol–water partition coefficient (Wildman–Crippen LogP) is 4.06. The molecule has 1 N–H and O–H groups in total. The second kappa shape index (κ2) is 10.7. The molecule has 0 aliphatic rings. The highest BCUT2D eigenvalue weighted by molar-refractivity contribution is 5.97. The summed E-state index contributed by atoms with van der Waals surface area (Å²) in [6.07, 6.45) is 1.50. The molecule has 0 bridgehead atoms. The lowest BCUT2D eigenvalue weighted by atomic mass is 10.2. The Balaban J connectivity index is 1.70. The minimum atomic E-state index is -0.382. The topological polar surface area (TPSA) is 78.4 Å². The summed E-state index contributed by atoms with van der Waals surface area (Å²) in [4.78, 5) is 12.6. The number of hydrazone groups is 1. The van der Waals surface area contributed by atoms with Crippen molar-refractivity contribution in [2.45, 2.75) is 6.61 Å². The van der Waals surface area contributed by atoms with Crippen LogP contribution >= 0.6 is 0 Å². The average Bonchev–Trinajstić information content (AvgIpc) is 2.82. The van der Waals surface area contributed by atoms with Gasteiger partial charge in [0.2, 0.25) is 5.75 Å². The molecular weight excluding hydrogens is 396 g/mol. The van der Waals surface area contributed by atoms with Gasteiger partial charge < -0.3 is 18.9 Å². The van der Waals surface area contributed by atoms with Gasteiger partial charge in [-0.05, 0) is 29.8 Å². The molecule has 0 fully saturated rings. The van der Waals surface area contributed by atoms with E-state index < -0.39 is 0 Å². The van der Waals surface area contributed by atoms with Crippen LogP contribution in [0.1, 0.15) is 21.5 Å². The molecule has 160 valence electrons. The summed E-state index contributed by atoms with van der Waals surface area (Å²) >= 11 is 0. The summed E-state index contributed by atoms with van der Waals surface area (Å²) < 4.78 is 21.8. The molecule has 0 saturated heterocycles. The van der Waals surface area contributed by atoms with Crippen LogP contribution < -0.4 is 24.4 Å². The Morgan fingerprint density at radius 2 is 1.52 bits per heavy atom. The van der Waals surface area contributed by atoms with Crippen LogP contribution in [0.15, 0.2) is 71.8 Å². The summed E-state index contributed by atoms with van der Waals surface area (Å²) in [5.74, 6) is 1.57. The van der Waals surface area contributed by atoms with Crippen molar-refractivity contribution in [3.8, 4) is 23.0 Å². The molecule has 0 aromatic heterocycles. The molecule has 3 aromatic carbocycles. The van der Waals surface area contributed by atoms with Gasteiger partial charge in [0.15, 0.2) is 11.5 Å². The number of para-hydroxylation sites is 1. The van der Waals surface area contributed by atoms with Crippen LogP contribution in [0, 0.1) is 0 Å². The maximum Gasteiger partial charge on any atom is 0.275 e. The van der Waals surface area contributed by atoms with E-state index in [0.29, 0.717) is 40.7 Å². The Bertz CT molecular complexity index is 1030. The maximum absolute atomic E-state index is 12.6. The molecule has 0 unspecified atom stereocenters. The maximum atomic E-state index is 12.6. The number of carbonyl (C=O) groups is 1. The smallest absolute Gasteiger partial charge is 0.275 e. The summed E-state index contributed by atoms with van der Waals surface area (Å²) in [7, 11) is 4.60. The van der Waals surface area contributed by atoms with Crippen molar-refractivity contribution < 1.29 is 23.7 Å². The first kappa shape index (κ1) is 21.7. The quantitative estimate of drug-likeness (QED) is 0.417. The minimum absolute atomic E-state index is 0.361. The molecule has 31 heavy (non-hydrogen) atoms. The molecule has 1 amide bonds. The number of hydrogen-bond donors (Lipinski definition) is 1. The van der Waals surface area contributed by atoms with Crippen molar-refractivity contribution in [1.82, 2.24) is 5.43 Å². The number of amides is 1. The van der Waals surface area contributed by atoms with Gasteiger partial charge in [-0.25, -0.2) is 5.43 Å². The Labute approximate surface area is 181 Å². The van der Waals surface area contributed by atoms with Gasteiger partial charge in [0.1, 0.15) is 12.4 Å². The van der Waals surface area contributed by atoms with Gasteiger partial charge in [-0.15, -0.1) is 0 Å². The third-order valence-corrected chi connectivity index (χ3v) is 4.44. The van der Waals surface area contributed by atoms with Gasteiger partial charge in [0.25, 0.3) is 5.91 Å². The number of nitrogens with one attached hydrogen (secondary N) is 1. The summed E-state index contributed by atoms with van der Waals surface area (Å²) in [5.41, 5.74) is 4.60. The van der Waals surface area contributed by atoms with E-state index >= 15 is 0 Å². The molecule has 0 saturated carbocycles. The van der Waals surface area contributed by atoms with Crippen LogP contribution in [0.3, 0.4) is 0 Å². The van der Waals surface area contributed by atoms with Crippen LogP contribution in [-0.4, -0.2) is 33.5 Å². The van der Waals surface area contributed by atoms with Gasteiger partial charge in [0, 0.05) is 5.56 Å². The fourth-order valence-corrected chi connectivity index (χ4v) is 2.92. The number of ether oxygens (including phenoxy) is 4. The summed E-state index contributed by atoms with van der Waals surface area (Å²) in [6, 6.07) is 20.2. The number of rotatable bonds is 9. The molecular formula is C24H24N2O5. The second-order valence-corrected chi connectivity index (χ2v) is 6.43. The first-order valence-corrected chi connectivity index (χ1v) is 9.55. The van der Waals surface area contributed by atoms with Crippen molar-refractivity contribution in [2.75, 3.05) is 21.3 Å². The lowest BCUT2D eigenvalue weighted by Gasteiger charge is -2.12. The monoisotopic (exact) mass is 420 g/mol. The van der Waals surface area contributed by atoms with E-state index in [1.807, 2.05) is 36.4 Å². The predicted molar refractivity (Wildman–Crippen MR) is 118 cm³/mol. The molecule has 3 rings (SSSR count). The Morgan fingerprint density at radius 1 is 0.871 bits per heavy atom. The molecule has 0 spiro atoms. The van der Waals surface area contributed by atoms with Gasteiger partial charge >= 0.3 is 0 Å². The third kappa shape index (κ3) is 5.54. The lowest BCUT2D eigenvalue weighted by molar-refractivity contribution is 0.0950. The van der Waals surface area contributed by atoms with E-state index in [9.17, 15) is 4.79 Å². The van der Waals surface area contributed by atoms with Crippen LogP contribution in [0.5, 0.6) is 23.0 Å². The van der Waals surface area contributed by atoms with Crippen LogP contribution in [-0.2, 0) is 6.61 Å². The van der Waals surface area contributed by atoms with E-state index in [1.165, 1.54) is 27.5 Å². The molecule has 3 aromatic rings. The van der Waals surface area contributed by atoms with Crippen molar-refractivity contribution in [2.24, 2.45) is 5.10 Å². The van der Waals surface area contributed by atoms with Crippen molar-refractivity contribution >= 4 is 12.1 Å². The SMILES string of the molecule is COc1cc(/C=N\NC(=O)c2ccccc2OCc2ccccc2)cc(OC)c1OC. The molecule has 0 aliphatic carbocycles. The first-order valence-electron chi connectivity index (χ1n) is 9.55. The van der Waals surface area contributed by atoms with E-state index in [1.54, 1.807) is 30.3 Å². The van der Waals surface area contributed by atoms with Crippen molar-refractivity contribution in [3.63, 3.8) is 0 Å². The van der Waals surface area contributed by atoms with Crippen LogP contribution in [0.4, 0.5) is 0 Å². The van der Waals surface area contributed by atoms with E-state index in [-0.39, 0.29) is 5.91 Å². The number of hydrogen-bond acceptors (Lipinski definition) is 6. The standard InChI is InChI=1S/C24H24N2O5/c1-28-21-13-18(14-22(29-2)23(21)30-3)15-25-26-24(27)19-11-7-8-12-20(19)31-16-17-9-5-4-6-10-17/h4-15H,16H2,1-3H3,(H,26,27)/b25-15-. The number of nitrogens with zero attached hydrogens (tertiary/aromatic N) is 1. The number of methoxy groups -OCH3 is 3. The Kier molecular flexibility index (Phi) is 7.48. The van der Waals surface area contributed by atoms with E-state index in [4.69, 9.17) is 18.9 Å². The summed E-state index contributed by atoms with van der Waals surface area (Å²) in [5, 5.41) is 4.05. The van der Waals surface area contributed by atoms with E-state index in [2.05, 4.69) is 10.5 Å². The fraction of sp³-hybridized carbons (Fsp3) is 0.167. The van der Waals surface area contributed by atoms with Gasteiger partial charge in [-0.2, -0.15) is 5.10 Å². The zero-order valence-corrected chi connectivity index (χ0v) is 17.6. The van der Waals surface area contributed by atoms with Crippen molar-refractivity contribution in [3.05, 3.63) is 83.4 Å². The molecule has 0 aliphatic heterocycles. The first-order chi connectivity index (χ1) is 15.2. The number of benzene rings is 3. The molecule has 0 atom stereocenters. The molecule has 0 radical (unpaired) electrons. The van der Waals surface area contributed by atoms with Gasteiger partial charge in [-0.3, -0.25) is 4.79 Å². The molecule has 7 nitrogen and oxygen atoms in total. The van der Waals surface area contributed by atoms with Crippen LogP contribution in [0.25, 0.3) is 0 Å². The zero-order chi connectivity index (χ0) is 22.1. The van der Waals surface area contributed by atoms with Crippen molar-refractivity contribution in [1.29, 1.82) is 0 Å². The largest absolute Gasteiger partial charge is 0.493 e. The Morgan fingerprint density at radius 3 is 2.16 bits per heavy atom. The average molecular weight is 420 g/mol. The molecule has 7 heteroatoms. The normalized spacial score (nSPS) is 10.5. The zero-order valence-electron chi connectivity index (χ0n) is 17.6. The highest BCUT2D eigenvalue weighted by Crippen LogP contribution is 2.37. The number of carbonyl (C=O) groups excluding carboxylic acids is 1. The summed E-state index contributed by atoms with van der Waals surface area (Å²) in [6.45, 7) is 0.361. The Hall–Kier alpha value is -4.00. The highest BCUT2D eigenvalue weighted by Gasteiger charge is 2.13. The molecule has 0 heterocycles. The minimum Gasteiger partial charge on any atom is -0.493 e. The van der Waals surface area contributed by atoms with E-state index in [0.717, 1.165) is 5.56 Å². The van der Waals surface area contributed by atoms with Gasteiger partial charge in [0.05, 0.1) is 33.1 Å². The van der Waals surface area contributed by atoms with Crippen LogP contribution in [0.2, 0.25) is 0 Å². The lowest BCUT2D eigenvalue weighted by Crippen LogP contribution is -2.18. The fourth-order valence-electron chi connectivity index (χ4n) is 2.92. The third-order valence-electron chi connectivity index (χ3n) is 4.44. The second-order valence-electron chi connectivity index (χ2n) is 6.43. The van der Waals surface area contributed by atoms with Gasteiger partial charge in [-0.1, -0.05) is 42.5 Å². The highest BCUT2D eigenvalue weighted by atomic mass is 16.5.